The van der Waals surface area contributed by atoms with Gasteiger partial charge in [-0.1, -0.05) is 60.2 Å². The topological polar surface area (TPSA) is 65.1 Å². The lowest BCUT2D eigenvalue weighted by atomic mass is 9.77. The van der Waals surface area contributed by atoms with E-state index in [1.165, 1.54) is 5.69 Å². The molecule has 4 unspecified atom stereocenters. The van der Waals surface area contributed by atoms with Gasteiger partial charge in [-0.15, -0.1) is 0 Å². The predicted molar refractivity (Wildman–Crippen MR) is 139 cm³/mol. The molecule has 0 saturated carbocycles. The first-order chi connectivity index (χ1) is 17.5. The van der Waals surface area contributed by atoms with Crippen LogP contribution in [0.2, 0.25) is 5.02 Å². The van der Waals surface area contributed by atoms with Crippen LogP contribution in [0.5, 0.6) is 0 Å². The average Bonchev–Trinajstić information content (AvgIpc) is 3.54. The van der Waals surface area contributed by atoms with Gasteiger partial charge in [-0.05, 0) is 23.8 Å². The van der Waals surface area contributed by atoms with E-state index in [0.717, 1.165) is 38.3 Å². The molecule has 2 amide bonds. The van der Waals surface area contributed by atoms with Crippen molar-refractivity contribution in [3.05, 3.63) is 77.3 Å². The molecule has 2 aromatic rings. The third-order valence-electron chi connectivity index (χ3n) is 8.02. The molecule has 6 rings (SSSR count). The summed E-state index contributed by atoms with van der Waals surface area (Å²) in [5.74, 6) is -1.09. The smallest absolute Gasteiger partial charge is 0.230 e. The Kier molecular flexibility index (Phi) is 6.23. The van der Waals surface area contributed by atoms with Gasteiger partial charge in [-0.2, -0.15) is 0 Å². The maximum Gasteiger partial charge on any atom is 0.230 e. The molecule has 1 spiro atoms. The zero-order chi connectivity index (χ0) is 24.7. The van der Waals surface area contributed by atoms with Gasteiger partial charge in [0.2, 0.25) is 11.8 Å². The number of carbonyl (C=O) groups is 2. The summed E-state index contributed by atoms with van der Waals surface area (Å²) in [6, 6.07) is 18.0. The summed E-state index contributed by atoms with van der Waals surface area (Å²) in [6.45, 7) is 6.10. The molecule has 3 fully saturated rings. The van der Waals surface area contributed by atoms with Gasteiger partial charge in [0.05, 0.1) is 24.5 Å². The van der Waals surface area contributed by atoms with E-state index in [4.69, 9.17) is 16.3 Å². The maximum absolute atomic E-state index is 13.4. The molecule has 4 atom stereocenters. The van der Waals surface area contributed by atoms with Crippen LogP contribution >= 0.6 is 11.6 Å². The lowest BCUT2D eigenvalue weighted by molar-refractivity contribution is -0.137. The second-order valence-corrected chi connectivity index (χ2v) is 10.5. The first-order valence-electron chi connectivity index (χ1n) is 12.7. The number of rotatable bonds is 7. The summed E-state index contributed by atoms with van der Waals surface area (Å²) >= 11 is 6.33. The Labute approximate surface area is 216 Å². The Bertz CT molecular complexity index is 1170. The second-order valence-electron chi connectivity index (χ2n) is 10.1. The highest BCUT2D eigenvalue weighted by atomic mass is 35.5. The van der Waals surface area contributed by atoms with E-state index < -0.39 is 17.4 Å². The van der Waals surface area contributed by atoms with Crippen molar-refractivity contribution in [1.82, 2.24) is 15.1 Å². The number of halogens is 1. The van der Waals surface area contributed by atoms with Crippen LogP contribution in [0.4, 0.5) is 5.69 Å². The first-order valence-corrected chi connectivity index (χ1v) is 13.1. The number of carbonyl (C=O) groups excluding carboxylic acids is 2. The minimum Gasteiger partial charge on any atom is -0.369 e. The molecule has 4 aliphatic heterocycles. The van der Waals surface area contributed by atoms with Crippen LogP contribution in [0.3, 0.4) is 0 Å². The summed E-state index contributed by atoms with van der Waals surface area (Å²) in [4.78, 5) is 33.3. The van der Waals surface area contributed by atoms with Crippen LogP contribution in [0.25, 0.3) is 0 Å². The van der Waals surface area contributed by atoms with Crippen molar-refractivity contribution < 1.29 is 14.3 Å². The molecule has 4 heterocycles. The van der Waals surface area contributed by atoms with Crippen molar-refractivity contribution >= 4 is 29.1 Å². The molecule has 2 bridgehead atoms. The normalized spacial score (nSPS) is 29.1. The van der Waals surface area contributed by atoms with Gasteiger partial charge < -0.3 is 19.9 Å². The SMILES string of the molecule is O=C(NCCN1CCN(c2ccccc2)CC1)C1C2C=CC3(CN(Cc4ccccc4Cl)C(=O)C13)O2. The number of hydrogen-bond donors (Lipinski definition) is 1. The highest BCUT2D eigenvalue weighted by Crippen LogP contribution is 2.52. The molecule has 3 saturated heterocycles. The minimum atomic E-state index is -0.710. The van der Waals surface area contributed by atoms with Crippen LogP contribution in [-0.2, 0) is 20.9 Å². The fraction of sp³-hybridized carbons (Fsp3) is 0.429. The maximum atomic E-state index is 13.4. The van der Waals surface area contributed by atoms with E-state index in [9.17, 15) is 9.59 Å². The van der Waals surface area contributed by atoms with Gasteiger partial charge in [-0.3, -0.25) is 14.5 Å². The number of likely N-dealkylation sites (tertiary alicyclic amines) is 1. The Balaban J connectivity index is 1.03. The Morgan fingerprint density at radius 2 is 1.81 bits per heavy atom. The van der Waals surface area contributed by atoms with Gasteiger partial charge in [0.25, 0.3) is 0 Å². The van der Waals surface area contributed by atoms with Crippen molar-refractivity contribution in [2.75, 3.05) is 50.7 Å². The highest BCUT2D eigenvalue weighted by Gasteiger charge is 2.66. The van der Waals surface area contributed by atoms with Gasteiger partial charge in [0.1, 0.15) is 5.60 Å². The molecule has 36 heavy (non-hydrogen) atoms. The number of anilines is 1. The van der Waals surface area contributed by atoms with E-state index in [1.54, 1.807) is 4.90 Å². The summed E-state index contributed by atoms with van der Waals surface area (Å²) in [6.07, 6.45) is 3.61. The molecule has 8 heteroatoms. The van der Waals surface area contributed by atoms with Gasteiger partial charge in [-0.25, -0.2) is 0 Å². The Morgan fingerprint density at radius 3 is 2.58 bits per heavy atom. The van der Waals surface area contributed by atoms with E-state index >= 15 is 0 Å². The zero-order valence-electron chi connectivity index (χ0n) is 20.2. The molecule has 188 valence electrons. The zero-order valence-corrected chi connectivity index (χ0v) is 20.9. The molecule has 4 aliphatic rings. The van der Waals surface area contributed by atoms with Gasteiger partial charge in [0, 0.05) is 56.5 Å². The third kappa shape index (κ3) is 4.19. The van der Waals surface area contributed by atoms with Crippen molar-refractivity contribution in [3.63, 3.8) is 0 Å². The molecule has 0 aromatic heterocycles. The standard InChI is InChI=1S/C28H31ClN4O3/c29-22-9-5-4-6-20(22)18-33-19-28-11-10-23(36-28)24(25(28)27(33)35)26(34)30-12-13-31-14-16-32(17-15-31)21-7-2-1-3-8-21/h1-11,23-25H,12-19H2,(H,30,34). The van der Waals surface area contributed by atoms with Crippen molar-refractivity contribution in [2.45, 2.75) is 18.2 Å². The largest absolute Gasteiger partial charge is 0.369 e. The van der Waals surface area contributed by atoms with Crippen LogP contribution in [0, 0.1) is 11.8 Å². The summed E-state index contributed by atoms with van der Waals surface area (Å²) < 4.78 is 6.25. The second kappa shape index (κ2) is 9.54. The molecular weight excluding hydrogens is 476 g/mol. The average molecular weight is 507 g/mol. The predicted octanol–water partition coefficient (Wildman–Crippen LogP) is 2.56. The Morgan fingerprint density at radius 1 is 1.06 bits per heavy atom. The van der Waals surface area contributed by atoms with Crippen LogP contribution in [0.15, 0.2) is 66.7 Å². The lowest BCUT2D eigenvalue weighted by Crippen LogP contribution is -2.50. The number of piperazine rings is 1. The molecule has 0 radical (unpaired) electrons. The molecule has 0 aliphatic carbocycles. The van der Waals surface area contributed by atoms with Crippen molar-refractivity contribution in [3.8, 4) is 0 Å². The fourth-order valence-corrected chi connectivity index (χ4v) is 6.36. The Hall–Kier alpha value is -2.87. The molecule has 1 N–H and O–H groups in total. The lowest BCUT2D eigenvalue weighted by Gasteiger charge is -2.36. The molecule has 2 aromatic carbocycles. The number of ether oxygens (including phenoxy) is 1. The number of amides is 2. The quantitative estimate of drug-likeness (QED) is 0.585. The number of benzene rings is 2. The monoisotopic (exact) mass is 506 g/mol. The molecule has 7 nitrogen and oxygen atoms in total. The first kappa shape index (κ1) is 23.5. The number of nitrogens with zero attached hydrogens (tertiary/aromatic N) is 3. The highest BCUT2D eigenvalue weighted by molar-refractivity contribution is 6.31. The van der Waals surface area contributed by atoms with Crippen LogP contribution < -0.4 is 10.2 Å². The number of para-hydroxylation sites is 1. The summed E-state index contributed by atoms with van der Waals surface area (Å²) in [7, 11) is 0. The third-order valence-corrected chi connectivity index (χ3v) is 8.39. The van der Waals surface area contributed by atoms with Crippen molar-refractivity contribution in [1.29, 1.82) is 0 Å². The van der Waals surface area contributed by atoms with Gasteiger partial charge in [0.15, 0.2) is 0 Å². The fourth-order valence-electron chi connectivity index (χ4n) is 6.17. The summed E-state index contributed by atoms with van der Waals surface area (Å²) in [5, 5.41) is 3.74. The van der Waals surface area contributed by atoms with E-state index in [1.807, 2.05) is 42.5 Å². The molecular formula is C28H31ClN4O3. The van der Waals surface area contributed by atoms with E-state index in [0.29, 0.717) is 24.7 Å². The van der Waals surface area contributed by atoms with E-state index in [-0.39, 0.29) is 17.9 Å². The van der Waals surface area contributed by atoms with Crippen LogP contribution in [0.1, 0.15) is 5.56 Å². The summed E-state index contributed by atoms with van der Waals surface area (Å²) in [5.41, 5.74) is 1.45. The van der Waals surface area contributed by atoms with E-state index in [2.05, 4.69) is 39.4 Å². The van der Waals surface area contributed by atoms with Crippen molar-refractivity contribution in [2.24, 2.45) is 11.8 Å². The number of fused-ring (bicyclic) bond motifs is 1. The number of nitrogens with one attached hydrogen (secondary N) is 1. The number of hydrogen-bond acceptors (Lipinski definition) is 5. The minimum absolute atomic E-state index is 0.0287. The van der Waals surface area contributed by atoms with Gasteiger partial charge >= 0.3 is 0 Å². The van der Waals surface area contributed by atoms with Crippen LogP contribution in [-0.4, -0.2) is 79.1 Å².